The molecule has 34 heavy (non-hydrogen) atoms. The maximum Gasteiger partial charge on any atom is 0.411 e. The van der Waals surface area contributed by atoms with Crippen molar-refractivity contribution in [3.63, 3.8) is 0 Å². The van der Waals surface area contributed by atoms with E-state index in [1.807, 2.05) is 36.4 Å². The molecule has 8 nitrogen and oxygen atoms in total. The van der Waals surface area contributed by atoms with E-state index >= 15 is 0 Å². The van der Waals surface area contributed by atoms with Crippen LogP contribution in [-0.4, -0.2) is 47.4 Å². The van der Waals surface area contributed by atoms with Gasteiger partial charge in [0.2, 0.25) is 0 Å². The Morgan fingerprint density at radius 3 is 2.15 bits per heavy atom. The van der Waals surface area contributed by atoms with E-state index in [2.05, 4.69) is 22.8 Å². The molecule has 0 aromatic heterocycles. The third kappa shape index (κ3) is 4.49. The van der Waals surface area contributed by atoms with Gasteiger partial charge in [-0.2, -0.15) is 0 Å². The lowest BCUT2D eigenvalue weighted by Crippen LogP contribution is -2.43. The van der Waals surface area contributed by atoms with Crippen molar-refractivity contribution >= 4 is 23.7 Å². The third-order valence-corrected chi connectivity index (χ3v) is 5.94. The molecule has 3 aromatic carbocycles. The molecule has 0 radical (unpaired) electrons. The molecule has 2 amide bonds. The molecule has 0 aliphatic heterocycles. The Bertz CT molecular complexity index is 1210. The second-order valence-electron chi connectivity index (χ2n) is 7.98. The van der Waals surface area contributed by atoms with Gasteiger partial charge >= 0.3 is 12.1 Å². The number of carbonyl (C=O) groups excluding carboxylic acids is 2. The van der Waals surface area contributed by atoms with Gasteiger partial charge in [-0.3, -0.25) is 10.1 Å². The minimum atomic E-state index is -1.43. The smallest absolute Gasteiger partial charge is 0.411 e. The molecule has 3 aromatic rings. The van der Waals surface area contributed by atoms with Crippen LogP contribution < -0.4 is 10.6 Å². The van der Waals surface area contributed by atoms with Crippen LogP contribution in [0.3, 0.4) is 0 Å². The molecule has 4 N–H and O–H groups in total. The average Bonchev–Trinajstić information content (AvgIpc) is 3.16. The lowest BCUT2D eigenvalue weighted by molar-refractivity contribution is -0.140. The molecule has 0 saturated heterocycles. The predicted molar refractivity (Wildman–Crippen MR) is 126 cm³/mol. The quantitative estimate of drug-likeness (QED) is 0.428. The molecule has 0 spiro atoms. The van der Waals surface area contributed by atoms with Gasteiger partial charge in [0.15, 0.2) is 6.04 Å². The fourth-order valence-electron chi connectivity index (χ4n) is 4.18. The first-order valence-electron chi connectivity index (χ1n) is 10.8. The van der Waals surface area contributed by atoms with Gasteiger partial charge in [-0.25, -0.2) is 9.59 Å². The van der Waals surface area contributed by atoms with Crippen molar-refractivity contribution in [1.82, 2.24) is 5.32 Å². The predicted octanol–water partition coefficient (Wildman–Crippen LogP) is 3.53. The summed E-state index contributed by atoms with van der Waals surface area (Å²) in [7, 11) is 0. The number of carboxylic acid groups (broad SMARTS) is 1. The molecule has 0 fully saturated rings. The number of anilines is 1. The van der Waals surface area contributed by atoms with Gasteiger partial charge < -0.3 is 20.3 Å². The first kappa shape index (κ1) is 23.0. The summed E-state index contributed by atoms with van der Waals surface area (Å²) in [6, 6.07) is 19.3. The Morgan fingerprint density at radius 1 is 0.941 bits per heavy atom. The van der Waals surface area contributed by atoms with Crippen LogP contribution in [0.4, 0.5) is 10.5 Å². The zero-order valence-electron chi connectivity index (χ0n) is 18.4. The number of fused-ring (bicyclic) bond motifs is 3. The number of ether oxygens (including phenoxy) is 1. The molecule has 0 heterocycles. The van der Waals surface area contributed by atoms with E-state index in [1.54, 1.807) is 19.1 Å². The van der Waals surface area contributed by atoms with Gasteiger partial charge in [-0.1, -0.05) is 54.6 Å². The SMILES string of the molecule is Cc1c(NC(=O)OCC2c3ccccc3-c3ccccc32)cccc1C(=O)N[C@H](CO)C(=O)O. The molecule has 0 unspecified atom stereocenters. The summed E-state index contributed by atoms with van der Waals surface area (Å²) in [6.07, 6.45) is -0.665. The van der Waals surface area contributed by atoms with Crippen LogP contribution in [-0.2, 0) is 9.53 Å². The van der Waals surface area contributed by atoms with Crippen molar-refractivity contribution < 1.29 is 29.3 Å². The van der Waals surface area contributed by atoms with Crippen molar-refractivity contribution in [2.45, 2.75) is 18.9 Å². The Balaban J connectivity index is 1.45. The van der Waals surface area contributed by atoms with Crippen molar-refractivity contribution in [3.8, 4) is 11.1 Å². The Hall–Kier alpha value is -4.17. The second kappa shape index (κ2) is 9.76. The summed E-state index contributed by atoms with van der Waals surface area (Å²) in [4.78, 5) is 36.2. The number of hydrogen-bond acceptors (Lipinski definition) is 5. The van der Waals surface area contributed by atoms with Crippen LogP contribution in [0.25, 0.3) is 11.1 Å². The topological polar surface area (TPSA) is 125 Å². The summed E-state index contributed by atoms with van der Waals surface area (Å²) in [5.74, 6) is -2.10. The lowest BCUT2D eigenvalue weighted by Gasteiger charge is -2.17. The van der Waals surface area contributed by atoms with Crippen molar-refractivity contribution in [2.75, 3.05) is 18.5 Å². The number of aliphatic carboxylic acids is 1. The fraction of sp³-hybridized carbons (Fsp3) is 0.192. The maximum absolute atomic E-state index is 12.6. The molecule has 4 rings (SSSR count). The summed E-state index contributed by atoms with van der Waals surface area (Å²) in [5, 5.41) is 23.1. The molecule has 174 valence electrons. The molecule has 1 atom stereocenters. The van der Waals surface area contributed by atoms with E-state index in [0.717, 1.165) is 22.3 Å². The Labute approximate surface area is 196 Å². The van der Waals surface area contributed by atoms with Gasteiger partial charge in [0, 0.05) is 17.2 Å². The monoisotopic (exact) mass is 460 g/mol. The van der Waals surface area contributed by atoms with E-state index in [1.165, 1.54) is 6.07 Å². The summed E-state index contributed by atoms with van der Waals surface area (Å²) < 4.78 is 5.55. The minimum absolute atomic E-state index is 0.0807. The molecular weight excluding hydrogens is 436 g/mol. The maximum atomic E-state index is 12.6. The standard InChI is InChI=1S/C26H24N2O6/c1-15-16(24(30)27-23(13-29)25(31)32)11-6-12-22(15)28-26(33)34-14-21-19-9-4-2-7-17(19)18-8-3-5-10-20(18)21/h2-12,21,23,29H,13-14H2,1H3,(H,27,30)(H,28,33)(H,31,32)/t23-/m1/s1. The summed E-state index contributed by atoms with van der Waals surface area (Å²) in [5.41, 5.74) is 5.44. The molecule has 0 bridgehead atoms. The first-order valence-corrected chi connectivity index (χ1v) is 10.8. The highest BCUT2D eigenvalue weighted by Crippen LogP contribution is 2.44. The van der Waals surface area contributed by atoms with Crippen molar-refractivity contribution in [2.24, 2.45) is 0 Å². The molecule has 1 aliphatic rings. The van der Waals surface area contributed by atoms with Crippen molar-refractivity contribution in [1.29, 1.82) is 0 Å². The average molecular weight is 460 g/mol. The number of aliphatic hydroxyl groups is 1. The molecular formula is C26H24N2O6. The fourth-order valence-corrected chi connectivity index (χ4v) is 4.18. The van der Waals surface area contributed by atoms with Crippen LogP contribution in [0, 0.1) is 6.92 Å². The van der Waals surface area contributed by atoms with Gasteiger partial charge in [-0.05, 0) is 46.9 Å². The van der Waals surface area contributed by atoms with Crippen molar-refractivity contribution in [3.05, 3.63) is 89.0 Å². The Morgan fingerprint density at radius 2 is 1.56 bits per heavy atom. The van der Waals surface area contributed by atoms with Gasteiger partial charge in [-0.15, -0.1) is 0 Å². The number of carboxylic acids is 1. The van der Waals surface area contributed by atoms with Crippen LogP contribution in [0.1, 0.15) is 33.0 Å². The minimum Gasteiger partial charge on any atom is -0.480 e. The van der Waals surface area contributed by atoms with Crippen LogP contribution in [0.15, 0.2) is 66.7 Å². The highest BCUT2D eigenvalue weighted by atomic mass is 16.5. The van der Waals surface area contributed by atoms with Gasteiger partial charge in [0.1, 0.15) is 6.61 Å². The Kier molecular flexibility index (Phi) is 6.60. The van der Waals surface area contributed by atoms with E-state index < -0.39 is 30.6 Å². The number of rotatable bonds is 7. The van der Waals surface area contributed by atoms with Crippen LogP contribution in [0.5, 0.6) is 0 Å². The van der Waals surface area contributed by atoms with Crippen LogP contribution in [0.2, 0.25) is 0 Å². The van der Waals surface area contributed by atoms with Gasteiger partial charge in [0.25, 0.3) is 5.91 Å². The van der Waals surface area contributed by atoms with E-state index in [9.17, 15) is 14.4 Å². The summed E-state index contributed by atoms with van der Waals surface area (Å²) >= 11 is 0. The van der Waals surface area contributed by atoms with Gasteiger partial charge in [0.05, 0.1) is 6.61 Å². The summed E-state index contributed by atoms with van der Waals surface area (Å²) in [6.45, 7) is 1.04. The number of amides is 2. The normalized spacial score (nSPS) is 12.9. The zero-order valence-corrected chi connectivity index (χ0v) is 18.4. The molecule has 8 heteroatoms. The third-order valence-electron chi connectivity index (χ3n) is 5.94. The molecule has 1 aliphatic carbocycles. The number of benzene rings is 3. The second-order valence-corrected chi connectivity index (χ2v) is 7.98. The highest BCUT2D eigenvalue weighted by Gasteiger charge is 2.29. The van der Waals surface area contributed by atoms with E-state index in [-0.39, 0.29) is 18.1 Å². The number of nitrogens with one attached hydrogen (secondary N) is 2. The highest BCUT2D eigenvalue weighted by molar-refractivity contribution is 6.00. The first-order chi connectivity index (χ1) is 16.4. The lowest BCUT2D eigenvalue weighted by atomic mass is 9.98. The zero-order chi connectivity index (χ0) is 24.2. The number of hydrogen-bond donors (Lipinski definition) is 4. The van der Waals surface area contributed by atoms with E-state index in [4.69, 9.17) is 14.9 Å². The van der Waals surface area contributed by atoms with Crippen LogP contribution >= 0.6 is 0 Å². The number of carbonyl (C=O) groups is 3. The number of aliphatic hydroxyl groups excluding tert-OH is 1. The molecule has 0 saturated carbocycles. The largest absolute Gasteiger partial charge is 0.480 e. The van der Waals surface area contributed by atoms with E-state index in [0.29, 0.717) is 11.3 Å².